The second-order valence-electron chi connectivity index (χ2n) is 4.61. The van der Waals surface area contributed by atoms with Gasteiger partial charge in [-0.1, -0.05) is 6.92 Å². The Kier molecular flexibility index (Phi) is 2.88. The molecule has 1 heterocycles. The fourth-order valence-electron chi connectivity index (χ4n) is 2.15. The molecule has 0 bridgehead atoms. The number of phenolic OH excluding ortho intramolecular Hbond substituents is 1. The average molecular weight is 233 g/mol. The summed E-state index contributed by atoms with van der Waals surface area (Å²) in [5, 5.41) is 9.32. The van der Waals surface area contributed by atoms with Gasteiger partial charge < -0.3 is 5.11 Å². The zero-order valence-electron chi connectivity index (χ0n) is 9.93. The van der Waals surface area contributed by atoms with Gasteiger partial charge in [-0.25, -0.2) is 0 Å². The van der Waals surface area contributed by atoms with E-state index in [1.54, 1.807) is 19.1 Å². The quantitative estimate of drug-likeness (QED) is 0.755. The van der Waals surface area contributed by atoms with Gasteiger partial charge in [0.25, 0.3) is 0 Å². The van der Waals surface area contributed by atoms with Crippen molar-refractivity contribution in [1.82, 2.24) is 0 Å². The molecule has 1 fully saturated rings. The summed E-state index contributed by atoms with van der Waals surface area (Å²) in [6.45, 7) is 3.67. The predicted octanol–water partition coefficient (Wildman–Crippen LogP) is 1.99. The number of benzene rings is 1. The number of amides is 2. The average Bonchev–Trinajstić information content (AvgIpc) is 2.19. The Bertz CT molecular complexity index is 464. The van der Waals surface area contributed by atoms with E-state index in [0.717, 1.165) is 5.56 Å². The maximum atomic E-state index is 11.9. The normalized spacial score (nSPS) is 17.6. The molecule has 0 radical (unpaired) electrons. The summed E-state index contributed by atoms with van der Waals surface area (Å²) < 4.78 is 0. The van der Waals surface area contributed by atoms with Crippen LogP contribution in [0.25, 0.3) is 0 Å². The molecule has 0 saturated carbocycles. The van der Waals surface area contributed by atoms with E-state index in [-0.39, 0.29) is 23.5 Å². The summed E-state index contributed by atoms with van der Waals surface area (Å²) in [4.78, 5) is 25.0. The van der Waals surface area contributed by atoms with E-state index in [0.29, 0.717) is 18.5 Å². The van der Waals surface area contributed by atoms with Gasteiger partial charge in [-0.15, -0.1) is 0 Å². The van der Waals surface area contributed by atoms with Crippen LogP contribution in [0.2, 0.25) is 0 Å². The fourth-order valence-corrected chi connectivity index (χ4v) is 2.15. The highest BCUT2D eigenvalue weighted by molar-refractivity contribution is 6.17. The Hall–Kier alpha value is -1.84. The molecule has 0 aromatic heterocycles. The molecule has 0 atom stereocenters. The van der Waals surface area contributed by atoms with Crippen LogP contribution in [0.4, 0.5) is 5.69 Å². The third kappa shape index (κ3) is 2.16. The number of nitrogens with zero attached hydrogens (tertiary/aromatic N) is 1. The van der Waals surface area contributed by atoms with Gasteiger partial charge in [0.05, 0.1) is 5.69 Å². The van der Waals surface area contributed by atoms with Crippen molar-refractivity contribution >= 4 is 17.5 Å². The molecule has 1 aromatic carbocycles. The van der Waals surface area contributed by atoms with Crippen molar-refractivity contribution < 1.29 is 14.7 Å². The Balaban J connectivity index is 2.38. The Morgan fingerprint density at radius 2 is 1.82 bits per heavy atom. The highest BCUT2D eigenvalue weighted by atomic mass is 16.3. The molecule has 1 saturated heterocycles. The first kappa shape index (κ1) is 11.6. The van der Waals surface area contributed by atoms with Crippen LogP contribution in [-0.2, 0) is 9.59 Å². The monoisotopic (exact) mass is 233 g/mol. The summed E-state index contributed by atoms with van der Waals surface area (Å²) >= 11 is 0. The van der Waals surface area contributed by atoms with Crippen molar-refractivity contribution in [2.24, 2.45) is 5.92 Å². The minimum Gasteiger partial charge on any atom is -0.508 e. The fraction of sp³-hybridized carbons (Fsp3) is 0.385. The number of aromatic hydroxyl groups is 1. The van der Waals surface area contributed by atoms with Crippen LogP contribution in [0.1, 0.15) is 25.3 Å². The number of aryl methyl sites for hydroxylation is 1. The van der Waals surface area contributed by atoms with E-state index in [1.807, 2.05) is 6.92 Å². The third-order valence-corrected chi connectivity index (χ3v) is 2.97. The zero-order valence-corrected chi connectivity index (χ0v) is 9.93. The molecular formula is C13H15NO3. The molecule has 0 aliphatic carbocycles. The lowest BCUT2D eigenvalue weighted by molar-refractivity contribution is -0.130. The molecule has 1 aliphatic heterocycles. The minimum absolute atomic E-state index is 0.115. The summed E-state index contributed by atoms with van der Waals surface area (Å²) in [6.07, 6.45) is 0.790. The Labute approximate surface area is 99.9 Å². The SMILES string of the molecule is Cc1cc(O)ccc1N1C(=O)CC(C)CC1=O. The molecule has 1 aliphatic rings. The molecular weight excluding hydrogens is 218 g/mol. The number of hydrogen-bond donors (Lipinski definition) is 1. The van der Waals surface area contributed by atoms with Gasteiger partial charge in [-0.05, 0) is 36.6 Å². The Morgan fingerprint density at radius 1 is 1.24 bits per heavy atom. The zero-order chi connectivity index (χ0) is 12.6. The van der Waals surface area contributed by atoms with Gasteiger partial charge in [0.2, 0.25) is 11.8 Å². The van der Waals surface area contributed by atoms with Crippen LogP contribution in [0, 0.1) is 12.8 Å². The maximum Gasteiger partial charge on any atom is 0.234 e. The number of anilines is 1. The van der Waals surface area contributed by atoms with E-state index in [1.165, 1.54) is 11.0 Å². The van der Waals surface area contributed by atoms with E-state index < -0.39 is 0 Å². The molecule has 17 heavy (non-hydrogen) atoms. The first-order chi connectivity index (χ1) is 7.99. The van der Waals surface area contributed by atoms with Crippen molar-refractivity contribution in [3.8, 4) is 5.75 Å². The second kappa shape index (κ2) is 4.20. The van der Waals surface area contributed by atoms with Crippen LogP contribution in [0.3, 0.4) is 0 Å². The predicted molar refractivity (Wildman–Crippen MR) is 63.7 cm³/mol. The van der Waals surface area contributed by atoms with E-state index in [2.05, 4.69) is 0 Å². The lowest BCUT2D eigenvalue weighted by Gasteiger charge is -2.29. The van der Waals surface area contributed by atoms with Gasteiger partial charge >= 0.3 is 0 Å². The van der Waals surface area contributed by atoms with E-state index >= 15 is 0 Å². The largest absolute Gasteiger partial charge is 0.508 e. The maximum absolute atomic E-state index is 11.9. The smallest absolute Gasteiger partial charge is 0.234 e. The molecule has 4 nitrogen and oxygen atoms in total. The van der Waals surface area contributed by atoms with E-state index in [9.17, 15) is 14.7 Å². The lowest BCUT2D eigenvalue weighted by Crippen LogP contribution is -2.43. The van der Waals surface area contributed by atoms with Crippen molar-refractivity contribution in [3.63, 3.8) is 0 Å². The number of imide groups is 1. The van der Waals surface area contributed by atoms with Crippen molar-refractivity contribution in [3.05, 3.63) is 23.8 Å². The topological polar surface area (TPSA) is 57.6 Å². The van der Waals surface area contributed by atoms with Crippen LogP contribution in [0.5, 0.6) is 5.75 Å². The first-order valence-corrected chi connectivity index (χ1v) is 5.64. The van der Waals surface area contributed by atoms with Crippen LogP contribution in [-0.4, -0.2) is 16.9 Å². The van der Waals surface area contributed by atoms with Gasteiger partial charge in [-0.2, -0.15) is 0 Å². The van der Waals surface area contributed by atoms with Crippen molar-refractivity contribution in [1.29, 1.82) is 0 Å². The number of rotatable bonds is 1. The molecule has 4 heteroatoms. The molecule has 0 spiro atoms. The van der Waals surface area contributed by atoms with Crippen LogP contribution >= 0.6 is 0 Å². The number of carbonyl (C=O) groups is 2. The summed E-state index contributed by atoms with van der Waals surface area (Å²) in [7, 11) is 0. The molecule has 0 unspecified atom stereocenters. The third-order valence-electron chi connectivity index (χ3n) is 2.97. The molecule has 2 rings (SSSR count). The van der Waals surface area contributed by atoms with Crippen LogP contribution in [0.15, 0.2) is 18.2 Å². The van der Waals surface area contributed by atoms with Gasteiger partial charge in [0.15, 0.2) is 0 Å². The molecule has 1 aromatic rings. The first-order valence-electron chi connectivity index (χ1n) is 5.64. The van der Waals surface area contributed by atoms with Crippen molar-refractivity contribution in [2.45, 2.75) is 26.7 Å². The summed E-state index contributed by atoms with van der Waals surface area (Å²) in [5.41, 5.74) is 1.30. The highest BCUT2D eigenvalue weighted by Crippen LogP contribution is 2.29. The lowest BCUT2D eigenvalue weighted by atomic mass is 9.96. The number of carbonyl (C=O) groups excluding carboxylic acids is 2. The van der Waals surface area contributed by atoms with E-state index in [4.69, 9.17) is 0 Å². The highest BCUT2D eigenvalue weighted by Gasteiger charge is 2.32. The van der Waals surface area contributed by atoms with Gasteiger partial charge in [0.1, 0.15) is 5.75 Å². The molecule has 2 amide bonds. The second-order valence-corrected chi connectivity index (χ2v) is 4.61. The Morgan fingerprint density at radius 3 is 2.35 bits per heavy atom. The number of hydrogen-bond acceptors (Lipinski definition) is 3. The van der Waals surface area contributed by atoms with Gasteiger partial charge in [0, 0.05) is 12.8 Å². The van der Waals surface area contributed by atoms with Crippen LogP contribution < -0.4 is 4.90 Å². The molecule has 90 valence electrons. The summed E-state index contributed by atoms with van der Waals surface area (Å²) in [6, 6.07) is 4.64. The van der Waals surface area contributed by atoms with Crippen molar-refractivity contribution in [2.75, 3.05) is 4.90 Å². The number of phenols is 1. The number of piperidine rings is 1. The minimum atomic E-state index is -0.164. The summed E-state index contributed by atoms with van der Waals surface area (Å²) in [5.74, 6) is -0.0784. The molecule has 1 N–H and O–H groups in total. The standard InChI is InChI=1S/C13H15NO3/c1-8-5-12(16)14(13(17)6-8)11-4-3-10(15)7-9(11)2/h3-4,7-8,15H,5-6H2,1-2H3. The van der Waals surface area contributed by atoms with Gasteiger partial charge in [-0.3, -0.25) is 14.5 Å².